The molecule has 0 aliphatic rings. The number of carbonyl (C=O) groups is 2. The largest absolute Gasteiger partial charge is 0.341 e. The van der Waals surface area contributed by atoms with Crippen LogP contribution in [0.3, 0.4) is 0 Å². The Morgan fingerprint density at radius 3 is 2.48 bits per heavy atom. The normalized spacial score (nSPS) is 11.6. The molecule has 0 aliphatic heterocycles. The summed E-state index contributed by atoms with van der Waals surface area (Å²) in [7, 11) is 1.44. The number of nitrogens with zero attached hydrogens (tertiary/aromatic N) is 4. The summed E-state index contributed by atoms with van der Waals surface area (Å²) in [5.74, 6) is -0.476. The average molecular weight is 403 g/mol. The van der Waals surface area contributed by atoms with Crippen LogP contribution in [0.4, 0.5) is 4.79 Å². The van der Waals surface area contributed by atoms with Gasteiger partial charge in [-0.1, -0.05) is 53.7 Å². The van der Waals surface area contributed by atoms with E-state index in [0.717, 1.165) is 17.3 Å². The minimum absolute atomic E-state index is 0.401. The summed E-state index contributed by atoms with van der Waals surface area (Å²) in [6.45, 7) is 0. The number of hydrogen-bond donors (Lipinski definition) is 2. The Balaban J connectivity index is 1.91. The summed E-state index contributed by atoms with van der Waals surface area (Å²) in [6.07, 6.45) is 0. The van der Waals surface area contributed by atoms with Gasteiger partial charge in [0.25, 0.3) is 0 Å². The zero-order valence-corrected chi connectivity index (χ0v) is 15.7. The van der Waals surface area contributed by atoms with Crippen molar-refractivity contribution in [3.63, 3.8) is 0 Å². The second-order valence-electron chi connectivity index (χ2n) is 5.33. The Morgan fingerprint density at radius 2 is 1.81 bits per heavy atom. The van der Waals surface area contributed by atoms with Crippen LogP contribution in [0.1, 0.15) is 10.8 Å². The van der Waals surface area contributed by atoms with Crippen LogP contribution in [0, 0.1) is 0 Å². The first-order valence-electron chi connectivity index (χ1n) is 7.87. The Kier molecular flexibility index (Phi) is 6.05. The third-order valence-corrected chi connectivity index (χ3v) is 4.98. The van der Waals surface area contributed by atoms with Gasteiger partial charge in [-0.25, -0.2) is 4.79 Å². The number of amides is 3. The van der Waals surface area contributed by atoms with Gasteiger partial charge >= 0.3 is 6.03 Å². The second-order valence-corrected chi connectivity index (χ2v) is 6.84. The predicted molar refractivity (Wildman–Crippen MR) is 102 cm³/mol. The van der Waals surface area contributed by atoms with Gasteiger partial charge in [0, 0.05) is 12.1 Å². The van der Waals surface area contributed by atoms with Crippen molar-refractivity contribution in [1.29, 1.82) is 0 Å². The summed E-state index contributed by atoms with van der Waals surface area (Å²) < 4.78 is 1.50. The van der Waals surface area contributed by atoms with E-state index in [1.54, 1.807) is 36.4 Å². The maximum atomic E-state index is 12.6. The predicted octanol–water partition coefficient (Wildman–Crippen LogP) is 2.60. The fraction of sp³-hybridized carbons (Fsp3) is 0.118. The van der Waals surface area contributed by atoms with Crippen molar-refractivity contribution in [2.45, 2.75) is 10.4 Å². The van der Waals surface area contributed by atoms with Crippen LogP contribution in [0.2, 0.25) is 5.02 Å². The van der Waals surface area contributed by atoms with Crippen LogP contribution >= 0.6 is 23.4 Å². The first-order chi connectivity index (χ1) is 13.1. The van der Waals surface area contributed by atoms with E-state index in [-0.39, 0.29) is 0 Å². The summed E-state index contributed by atoms with van der Waals surface area (Å²) in [5, 5.41) is 16.6. The van der Waals surface area contributed by atoms with Crippen molar-refractivity contribution in [1.82, 2.24) is 30.8 Å². The molecule has 1 aromatic heterocycles. The van der Waals surface area contributed by atoms with Gasteiger partial charge in [-0.05, 0) is 40.3 Å². The second kappa shape index (κ2) is 8.65. The number of rotatable bonds is 5. The maximum absolute atomic E-state index is 12.6. The summed E-state index contributed by atoms with van der Waals surface area (Å²) in [6, 6.07) is 15.5. The van der Waals surface area contributed by atoms with Crippen LogP contribution in [0.5, 0.6) is 0 Å². The van der Waals surface area contributed by atoms with Gasteiger partial charge in [0.1, 0.15) is 5.25 Å². The number of halogens is 1. The Bertz CT molecular complexity index is 932. The van der Waals surface area contributed by atoms with E-state index in [4.69, 9.17) is 11.6 Å². The molecule has 1 atom stereocenters. The fourth-order valence-corrected chi connectivity index (χ4v) is 3.36. The molecular weight excluding hydrogens is 388 g/mol. The third-order valence-electron chi connectivity index (χ3n) is 3.54. The zero-order valence-electron chi connectivity index (χ0n) is 14.2. The molecular formula is C17H15ClN6O2S. The summed E-state index contributed by atoms with van der Waals surface area (Å²) >= 11 is 7.06. The highest BCUT2D eigenvalue weighted by molar-refractivity contribution is 8.00. The molecule has 0 saturated heterocycles. The SMILES string of the molecule is CNC(=O)NC(=O)[C@@H](Sc1nnnn1-c1ccc(Cl)cc1)c1ccccc1. The van der Waals surface area contributed by atoms with E-state index in [1.807, 2.05) is 18.2 Å². The first-order valence-corrected chi connectivity index (χ1v) is 9.12. The number of tetrazole rings is 1. The van der Waals surface area contributed by atoms with Crippen LogP contribution in [0.15, 0.2) is 59.8 Å². The van der Waals surface area contributed by atoms with Crippen LogP contribution in [-0.4, -0.2) is 39.2 Å². The van der Waals surface area contributed by atoms with Crippen molar-refractivity contribution < 1.29 is 9.59 Å². The highest BCUT2D eigenvalue weighted by Gasteiger charge is 2.26. The van der Waals surface area contributed by atoms with Gasteiger partial charge in [0.15, 0.2) is 0 Å². The number of thioether (sulfide) groups is 1. The van der Waals surface area contributed by atoms with E-state index in [2.05, 4.69) is 26.2 Å². The maximum Gasteiger partial charge on any atom is 0.321 e. The van der Waals surface area contributed by atoms with Crippen molar-refractivity contribution in [3.8, 4) is 5.69 Å². The number of nitrogens with one attached hydrogen (secondary N) is 2. The molecule has 3 amide bonds. The molecule has 10 heteroatoms. The molecule has 0 unspecified atom stereocenters. The smallest absolute Gasteiger partial charge is 0.321 e. The van der Waals surface area contributed by atoms with Crippen molar-refractivity contribution >= 4 is 35.3 Å². The van der Waals surface area contributed by atoms with E-state index in [1.165, 1.54) is 11.7 Å². The number of aromatic nitrogens is 4. The summed E-state index contributed by atoms with van der Waals surface area (Å²) in [5.41, 5.74) is 1.42. The third kappa shape index (κ3) is 4.63. The number of hydrogen-bond acceptors (Lipinski definition) is 6. The number of carbonyl (C=O) groups excluding carboxylic acids is 2. The molecule has 0 spiro atoms. The quantitative estimate of drug-likeness (QED) is 0.636. The molecule has 0 saturated carbocycles. The van der Waals surface area contributed by atoms with Gasteiger partial charge in [-0.2, -0.15) is 4.68 Å². The Labute approximate surface area is 164 Å². The van der Waals surface area contributed by atoms with E-state index >= 15 is 0 Å². The molecule has 2 aromatic carbocycles. The van der Waals surface area contributed by atoms with Crippen LogP contribution in [0.25, 0.3) is 5.69 Å². The molecule has 0 radical (unpaired) electrons. The minimum Gasteiger partial charge on any atom is -0.341 e. The number of benzene rings is 2. The molecule has 8 nitrogen and oxygen atoms in total. The highest BCUT2D eigenvalue weighted by Crippen LogP contribution is 2.34. The molecule has 3 rings (SSSR count). The molecule has 3 aromatic rings. The van der Waals surface area contributed by atoms with Gasteiger partial charge in [-0.15, -0.1) is 5.10 Å². The average Bonchev–Trinajstić information content (AvgIpc) is 3.15. The number of imide groups is 1. The number of urea groups is 1. The standard InChI is InChI=1S/C17H15ClN6O2S/c1-19-16(26)20-15(25)14(11-5-3-2-4-6-11)27-17-21-22-23-24(17)13-9-7-12(18)8-10-13/h2-10,14H,1H3,(H2,19,20,25,26)/t14-/m0/s1. The molecule has 2 N–H and O–H groups in total. The van der Waals surface area contributed by atoms with E-state index in [9.17, 15) is 9.59 Å². The topological polar surface area (TPSA) is 102 Å². The van der Waals surface area contributed by atoms with Crippen LogP contribution < -0.4 is 10.6 Å². The highest BCUT2D eigenvalue weighted by atomic mass is 35.5. The lowest BCUT2D eigenvalue weighted by Gasteiger charge is -2.15. The molecule has 27 heavy (non-hydrogen) atoms. The molecule has 0 fully saturated rings. The fourth-order valence-electron chi connectivity index (χ4n) is 2.24. The van der Waals surface area contributed by atoms with Crippen molar-refractivity contribution in [2.75, 3.05) is 7.05 Å². The van der Waals surface area contributed by atoms with Gasteiger partial charge in [0.05, 0.1) is 5.69 Å². The Morgan fingerprint density at radius 1 is 1.11 bits per heavy atom. The zero-order chi connectivity index (χ0) is 19.2. The van der Waals surface area contributed by atoms with Gasteiger partial charge < -0.3 is 5.32 Å². The van der Waals surface area contributed by atoms with Crippen LogP contribution in [-0.2, 0) is 4.79 Å². The molecule has 138 valence electrons. The lowest BCUT2D eigenvalue weighted by molar-refractivity contribution is -0.119. The van der Waals surface area contributed by atoms with Crippen molar-refractivity contribution in [3.05, 3.63) is 65.2 Å². The van der Waals surface area contributed by atoms with E-state index in [0.29, 0.717) is 15.9 Å². The van der Waals surface area contributed by atoms with Crippen molar-refractivity contribution in [2.24, 2.45) is 0 Å². The molecule has 0 bridgehead atoms. The lowest BCUT2D eigenvalue weighted by Crippen LogP contribution is -2.39. The lowest BCUT2D eigenvalue weighted by atomic mass is 10.1. The summed E-state index contributed by atoms with van der Waals surface area (Å²) in [4.78, 5) is 24.2. The molecule has 1 heterocycles. The monoisotopic (exact) mass is 402 g/mol. The minimum atomic E-state index is -0.722. The Hall–Kier alpha value is -2.91. The van der Waals surface area contributed by atoms with Gasteiger partial charge in [-0.3, -0.25) is 10.1 Å². The van der Waals surface area contributed by atoms with Gasteiger partial charge in [0.2, 0.25) is 11.1 Å². The van der Waals surface area contributed by atoms with E-state index < -0.39 is 17.2 Å². The first kappa shape index (κ1) is 18.9. The molecule has 0 aliphatic carbocycles.